The number of pyridine rings is 2. The first kappa shape index (κ1) is 18.6. The zero-order chi connectivity index (χ0) is 18.8. The van der Waals surface area contributed by atoms with Crippen LogP contribution in [0.3, 0.4) is 0 Å². The molecule has 6 heteroatoms. The molecule has 2 aromatic heterocycles. The van der Waals surface area contributed by atoms with Gasteiger partial charge in [0.1, 0.15) is 10.7 Å². The summed E-state index contributed by atoms with van der Waals surface area (Å²) < 4.78 is 0. The number of anilines is 1. The van der Waals surface area contributed by atoms with E-state index in [4.69, 9.17) is 11.6 Å². The molecule has 0 unspecified atom stereocenters. The van der Waals surface area contributed by atoms with Crippen molar-refractivity contribution in [1.29, 1.82) is 0 Å². The maximum atomic E-state index is 12.2. The molecule has 4 heterocycles. The molecule has 0 spiro atoms. The Morgan fingerprint density at radius 1 is 1.19 bits per heavy atom. The Hall–Kier alpha value is -1.72. The van der Waals surface area contributed by atoms with Crippen molar-refractivity contribution >= 4 is 34.1 Å². The summed E-state index contributed by atoms with van der Waals surface area (Å²) in [4.78, 5) is 26.1. The van der Waals surface area contributed by atoms with E-state index in [0.29, 0.717) is 10.7 Å². The average Bonchev–Trinajstić information content (AvgIpc) is 3.19. The fraction of sp³-hybridized carbons (Fsp3) is 0.571. The van der Waals surface area contributed by atoms with Gasteiger partial charge in [-0.05, 0) is 76.7 Å². The first-order valence-corrected chi connectivity index (χ1v) is 10.4. The van der Waals surface area contributed by atoms with E-state index in [1.165, 1.54) is 38.9 Å². The summed E-state index contributed by atoms with van der Waals surface area (Å²) in [7, 11) is 0. The summed E-state index contributed by atoms with van der Waals surface area (Å²) in [5.41, 5.74) is 3.09. The number of halogens is 1. The number of carbonyl (C=O) groups is 1. The number of likely N-dealkylation sites (tertiary alicyclic amines) is 1. The second kappa shape index (κ2) is 8.11. The predicted octanol–water partition coefficient (Wildman–Crippen LogP) is 4.19. The smallest absolute Gasteiger partial charge is 0.163 e. The highest BCUT2D eigenvalue weighted by Gasteiger charge is 2.25. The SMILES string of the molecule is CC(=O)c1cnc2ccc(Cl)nc2c1N1CCC(CCN2CCCC2)CC1. The number of hydrogen-bond donors (Lipinski definition) is 0. The number of carbonyl (C=O) groups excluding carboxylic acids is 1. The number of rotatable bonds is 5. The van der Waals surface area contributed by atoms with Crippen LogP contribution >= 0.6 is 11.6 Å². The molecule has 0 atom stereocenters. The lowest BCUT2D eigenvalue weighted by atomic mass is 9.92. The molecule has 27 heavy (non-hydrogen) atoms. The van der Waals surface area contributed by atoms with E-state index in [1.54, 1.807) is 19.2 Å². The standard InChI is InChI=1S/C21H27ClN4O/c1-15(27)17-14-23-18-4-5-19(22)24-20(18)21(17)26-12-7-16(8-13-26)6-11-25-9-2-3-10-25/h4-5,14,16H,2-3,6-13H2,1H3. The van der Waals surface area contributed by atoms with Gasteiger partial charge in [-0.25, -0.2) is 4.98 Å². The minimum absolute atomic E-state index is 0.0253. The van der Waals surface area contributed by atoms with Gasteiger partial charge in [0.2, 0.25) is 0 Å². The molecule has 0 N–H and O–H groups in total. The molecule has 2 saturated heterocycles. The third kappa shape index (κ3) is 4.09. The van der Waals surface area contributed by atoms with Crippen molar-refractivity contribution in [1.82, 2.24) is 14.9 Å². The van der Waals surface area contributed by atoms with Crippen molar-refractivity contribution in [3.05, 3.63) is 29.0 Å². The quantitative estimate of drug-likeness (QED) is 0.569. The fourth-order valence-electron chi connectivity index (χ4n) is 4.42. The maximum Gasteiger partial charge on any atom is 0.163 e. The van der Waals surface area contributed by atoms with Gasteiger partial charge in [0, 0.05) is 19.3 Å². The molecule has 2 fully saturated rings. The van der Waals surface area contributed by atoms with E-state index in [1.807, 2.05) is 6.07 Å². The normalized spacial score (nSPS) is 19.1. The van der Waals surface area contributed by atoms with Gasteiger partial charge in [-0.2, -0.15) is 0 Å². The highest BCUT2D eigenvalue weighted by molar-refractivity contribution is 6.30. The highest BCUT2D eigenvalue weighted by Crippen LogP contribution is 2.33. The van der Waals surface area contributed by atoms with Crippen LogP contribution in [0.25, 0.3) is 11.0 Å². The third-order valence-corrected chi connectivity index (χ3v) is 6.22. The van der Waals surface area contributed by atoms with Crippen LogP contribution in [0.4, 0.5) is 5.69 Å². The zero-order valence-electron chi connectivity index (χ0n) is 16.0. The van der Waals surface area contributed by atoms with Crippen LogP contribution in [0.1, 0.15) is 49.4 Å². The van der Waals surface area contributed by atoms with Crippen LogP contribution in [0.2, 0.25) is 5.15 Å². The van der Waals surface area contributed by atoms with Crippen molar-refractivity contribution < 1.29 is 4.79 Å². The number of hydrogen-bond acceptors (Lipinski definition) is 5. The minimum atomic E-state index is 0.0253. The van der Waals surface area contributed by atoms with Crippen molar-refractivity contribution in [2.75, 3.05) is 37.6 Å². The van der Waals surface area contributed by atoms with Crippen LogP contribution in [-0.4, -0.2) is 53.4 Å². The first-order chi connectivity index (χ1) is 13.1. The van der Waals surface area contributed by atoms with E-state index >= 15 is 0 Å². The molecule has 0 aliphatic carbocycles. The predicted molar refractivity (Wildman–Crippen MR) is 110 cm³/mol. The summed E-state index contributed by atoms with van der Waals surface area (Å²) in [5.74, 6) is 0.796. The van der Waals surface area contributed by atoms with Gasteiger partial charge < -0.3 is 9.80 Å². The van der Waals surface area contributed by atoms with Crippen LogP contribution in [-0.2, 0) is 0 Å². The Morgan fingerprint density at radius 3 is 2.63 bits per heavy atom. The summed E-state index contributed by atoms with van der Waals surface area (Å²) >= 11 is 6.14. The molecule has 5 nitrogen and oxygen atoms in total. The topological polar surface area (TPSA) is 49.3 Å². The number of Topliss-reactive ketones (excluding diaryl/α,β-unsaturated/α-hetero) is 1. The van der Waals surface area contributed by atoms with Crippen molar-refractivity contribution in [3.8, 4) is 0 Å². The number of piperidine rings is 1. The van der Waals surface area contributed by atoms with Crippen LogP contribution in [0, 0.1) is 5.92 Å². The monoisotopic (exact) mass is 386 g/mol. The fourth-order valence-corrected chi connectivity index (χ4v) is 4.57. The Kier molecular flexibility index (Phi) is 5.60. The summed E-state index contributed by atoms with van der Waals surface area (Å²) in [6.45, 7) is 7.29. The van der Waals surface area contributed by atoms with Gasteiger partial charge in [-0.15, -0.1) is 0 Å². The van der Waals surface area contributed by atoms with Gasteiger partial charge in [0.15, 0.2) is 5.78 Å². The minimum Gasteiger partial charge on any atom is -0.369 e. The van der Waals surface area contributed by atoms with Crippen LogP contribution in [0.5, 0.6) is 0 Å². The van der Waals surface area contributed by atoms with Gasteiger partial charge in [-0.1, -0.05) is 11.6 Å². The molecule has 0 aromatic carbocycles. The second-order valence-electron chi connectivity index (χ2n) is 7.85. The van der Waals surface area contributed by atoms with Crippen molar-refractivity contribution in [2.45, 2.75) is 39.0 Å². The number of nitrogens with zero attached hydrogens (tertiary/aromatic N) is 4. The largest absolute Gasteiger partial charge is 0.369 e. The first-order valence-electron chi connectivity index (χ1n) is 10.1. The molecule has 0 radical (unpaired) electrons. The Labute approximate surface area is 165 Å². The Bertz CT molecular complexity index is 826. The van der Waals surface area contributed by atoms with Gasteiger partial charge in [-0.3, -0.25) is 9.78 Å². The lowest BCUT2D eigenvalue weighted by Crippen LogP contribution is -2.36. The summed E-state index contributed by atoms with van der Waals surface area (Å²) in [6.07, 6.45) is 8.02. The molecular weight excluding hydrogens is 360 g/mol. The molecule has 2 aliphatic rings. The maximum absolute atomic E-state index is 12.2. The second-order valence-corrected chi connectivity index (χ2v) is 8.23. The van der Waals surface area contributed by atoms with Crippen molar-refractivity contribution in [3.63, 3.8) is 0 Å². The van der Waals surface area contributed by atoms with Gasteiger partial charge >= 0.3 is 0 Å². The molecular formula is C21H27ClN4O. The Balaban J connectivity index is 1.51. The molecule has 0 bridgehead atoms. The van der Waals surface area contributed by atoms with E-state index in [0.717, 1.165) is 48.6 Å². The Morgan fingerprint density at radius 2 is 1.93 bits per heavy atom. The molecule has 4 rings (SSSR count). The number of ketones is 1. The molecule has 144 valence electrons. The lowest BCUT2D eigenvalue weighted by Gasteiger charge is -2.35. The van der Waals surface area contributed by atoms with E-state index in [9.17, 15) is 4.79 Å². The summed E-state index contributed by atoms with van der Waals surface area (Å²) in [5, 5.41) is 0.437. The van der Waals surface area contributed by atoms with E-state index < -0.39 is 0 Å². The highest BCUT2D eigenvalue weighted by atomic mass is 35.5. The molecule has 0 amide bonds. The van der Waals surface area contributed by atoms with Crippen LogP contribution < -0.4 is 4.90 Å². The summed E-state index contributed by atoms with van der Waals surface area (Å²) in [6, 6.07) is 3.62. The number of fused-ring (bicyclic) bond motifs is 1. The molecule has 2 aliphatic heterocycles. The van der Waals surface area contributed by atoms with Gasteiger partial charge in [0.05, 0.1) is 16.8 Å². The lowest BCUT2D eigenvalue weighted by molar-refractivity contribution is 0.101. The molecule has 2 aromatic rings. The number of aromatic nitrogens is 2. The zero-order valence-corrected chi connectivity index (χ0v) is 16.7. The molecule has 0 saturated carbocycles. The van der Waals surface area contributed by atoms with Crippen LogP contribution in [0.15, 0.2) is 18.3 Å². The average molecular weight is 387 g/mol. The van der Waals surface area contributed by atoms with E-state index in [2.05, 4.69) is 19.8 Å². The third-order valence-electron chi connectivity index (χ3n) is 6.01. The van der Waals surface area contributed by atoms with E-state index in [-0.39, 0.29) is 5.78 Å². The van der Waals surface area contributed by atoms with Gasteiger partial charge in [0.25, 0.3) is 0 Å². The van der Waals surface area contributed by atoms with Crippen molar-refractivity contribution in [2.24, 2.45) is 5.92 Å².